The number of halogens is 2. The number of ether oxygens (including phenoxy) is 4. The molecule has 0 bridgehead atoms. The van der Waals surface area contributed by atoms with Crippen LogP contribution in [0.15, 0.2) is 18.2 Å². The van der Waals surface area contributed by atoms with Gasteiger partial charge in [0.15, 0.2) is 0 Å². The fourth-order valence-electron chi connectivity index (χ4n) is 3.21. The van der Waals surface area contributed by atoms with E-state index < -0.39 is 29.6 Å². The van der Waals surface area contributed by atoms with Gasteiger partial charge in [0.05, 0.1) is 29.9 Å². The molecule has 0 aliphatic rings. The molecule has 0 radical (unpaired) electrons. The summed E-state index contributed by atoms with van der Waals surface area (Å²) in [4.78, 5) is 37.3. The highest BCUT2D eigenvalue weighted by Gasteiger charge is 2.58. The molecule has 192 valence electrons. The van der Waals surface area contributed by atoms with Crippen molar-refractivity contribution in [1.29, 1.82) is 0 Å². The highest BCUT2D eigenvalue weighted by atomic mass is 35.5. The van der Waals surface area contributed by atoms with Crippen LogP contribution in [-0.2, 0) is 39.8 Å². The van der Waals surface area contributed by atoms with Gasteiger partial charge < -0.3 is 24.1 Å². The van der Waals surface area contributed by atoms with Crippen LogP contribution in [0.4, 0.5) is 0 Å². The van der Waals surface area contributed by atoms with Crippen molar-refractivity contribution in [2.45, 2.75) is 71.0 Å². The van der Waals surface area contributed by atoms with E-state index in [0.29, 0.717) is 16.5 Å². The Morgan fingerprint density at radius 2 is 1.41 bits per heavy atom. The lowest BCUT2D eigenvalue weighted by Crippen LogP contribution is -2.61. The first-order valence-corrected chi connectivity index (χ1v) is 12.3. The molecule has 8 nitrogen and oxygen atoms in total. The van der Waals surface area contributed by atoms with Crippen molar-refractivity contribution >= 4 is 41.1 Å². The zero-order valence-electron chi connectivity index (χ0n) is 19.9. The maximum Gasteiger partial charge on any atom is 0.353 e. The first kappa shape index (κ1) is 30.2. The van der Waals surface area contributed by atoms with Crippen LogP contribution < -0.4 is 0 Å². The van der Waals surface area contributed by atoms with E-state index in [4.69, 9.17) is 42.1 Å². The average molecular weight is 521 g/mol. The van der Waals surface area contributed by atoms with Gasteiger partial charge in [-0.25, -0.2) is 14.4 Å². The van der Waals surface area contributed by atoms with Crippen LogP contribution in [0, 0.1) is 0 Å². The van der Waals surface area contributed by atoms with Gasteiger partial charge in [-0.3, -0.25) is 0 Å². The van der Waals surface area contributed by atoms with Gasteiger partial charge >= 0.3 is 17.9 Å². The molecule has 1 aromatic carbocycles. The molecule has 1 N–H and O–H groups in total. The minimum absolute atomic E-state index is 0.0252. The van der Waals surface area contributed by atoms with Crippen LogP contribution in [0.3, 0.4) is 0 Å². The maximum atomic E-state index is 12.5. The number of hydrogen-bond acceptors (Lipinski definition) is 8. The van der Waals surface area contributed by atoms with Gasteiger partial charge in [0, 0.05) is 6.61 Å². The number of aryl methyl sites for hydroxylation is 1. The Morgan fingerprint density at radius 1 is 0.853 bits per heavy atom. The van der Waals surface area contributed by atoms with E-state index in [9.17, 15) is 19.5 Å². The second-order valence-electron chi connectivity index (χ2n) is 7.48. The summed E-state index contributed by atoms with van der Waals surface area (Å²) in [6.45, 7) is 4.34. The number of unbranched alkanes of at least 4 members (excludes halogenated alkanes) is 4. The molecule has 0 saturated carbocycles. The number of carbonyl (C=O) groups is 3. The van der Waals surface area contributed by atoms with Crippen molar-refractivity contribution < 1.29 is 38.4 Å². The summed E-state index contributed by atoms with van der Waals surface area (Å²) in [6.07, 6.45) is 3.16. The van der Waals surface area contributed by atoms with E-state index in [1.807, 2.05) is 12.1 Å². The minimum Gasteiger partial charge on any atom is -0.464 e. The van der Waals surface area contributed by atoms with E-state index in [0.717, 1.165) is 37.7 Å². The third kappa shape index (κ3) is 9.06. The lowest BCUT2D eigenvalue weighted by molar-refractivity contribution is -0.208. The molecular weight excluding hydrogens is 487 g/mol. The molecule has 10 heteroatoms. The maximum absolute atomic E-state index is 12.5. The number of aliphatic hydroxyl groups is 1. The zero-order valence-corrected chi connectivity index (χ0v) is 21.5. The first-order valence-electron chi connectivity index (χ1n) is 11.5. The molecule has 1 atom stereocenters. The third-order valence-electron chi connectivity index (χ3n) is 4.93. The van der Waals surface area contributed by atoms with E-state index in [-0.39, 0.29) is 26.4 Å². The van der Waals surface area contributed by atoms with Crippen LogP contribution in [0.1, 0.15) is 58.4 Å². The molecule has 0 aliphatic carbocycles. The van der Waals surface area contributed by atoms with Crippen molar-refractivity contribution in [1.82, 2.24) is 0 Å². The van der Waals surface area contributed by atoms with Gasteiger partial charge in [-0.15, -0.1) is 0 Å². The Hall–Kier alpha value is -1.87. The van der Waals surface area contributed by atoms with Crippen molar-refractivity contribution in [3.05, 3.63) is 33.8 Å². The van der Waals surface area contributed by atoms with Crippen molar-refractivity contribution in [2.24, 2.45) is 0 Å². The zero-order chi connectivity index (χ0) is 25.6. The highest BCUT2D eigenvalue weighted by molar-refractivity contribution is 6.42. The van der Waals surface area contributed by atoms with Crippen LogP contribution in [0.2, 0.25) is 10.0 Å². The molecule has 0 aliphatic heterocycles. The number of esters is 3. The van der Waals surface area contributed by atoms with Crippen molar-refractivity contribution in [3.63, 3.8) is 0 Å². The highest BCUT2D eigenvalue weighted by Crippen LogP contribution is 2.24. The Labute approximate surface area is 210 Å². The van der Waals surface area contributed by atoms with Crippen LogP contribution >= 0.6 is 23.2 Å². The Morgan fingerprint density at radius 3 is 1.97 bits per heavy atom. The van der Waals surface area contributed by atoms with E-state index in [1.165, 1.54) is 13.8 Å². The lowest BCUT2D eigenvalue weighted by Gasteiger charge is -2.30. The second-order valence-corrected chi connectivity index (χ2v) is 8.29. The van der Waals surface area contributed by atoms with Crippen LogP contribution in [0.5, 0.6) is 0 Å². The van der Waals surface area contributed by atoms with Crippen molar-refractivity contribution in [2.75, 3.05) is 26.4 Å². The van der Waals surface area contributed by atoms with Gasteiger partial charge in [-0.1, -0.05) is 48.5 Å². The average Bonchev–Trinajstić information content (AvgIpc) is 2.80. The molecule has 1 aromatic rings. The molecule has 0 aromatic heterocycles. The summed E-state index contributed by atoms with van der Waals surface area (Å²) in [6, 6.07) is 5.59. The molecule has 1 unspecified atom stereocenters. The van der Waals surface area contributed by atoms with Crippen LogP contribution in [0.25, 0.3) is 0 Å². The molecule has 1 rings (SSSR count). The normalized spacial score (nSPS) is 12.2. The fraction of sp³-hybridized carbons (Fsp3) is 0.625. The minimum atomic E-state index is -2.96. The summed E-state index contributed by atoms with van der Waals surface area (Å²) < 4.78 is 20.0. The SMILES string of the molecule is CCOC(=O)C(OCCCCCCCc1ccc(Cl)c(Cl)c1)C(O)(C(=O)OCC)C(=O)OCC. The second kappa shape index (κ2) is 15.9. The smallest absolute Gasteiger partial charge is 0.353 e. The fourth-order valence-corrected chi connectivity index (χ4v) is 3.54. The molecule has 0 saturated heterocycles. The third-order valence-corrected chi connectivity index (χ3v) is 5.67. The van der Waals surface area contributed by atoms with E-state index in [1.54, 1.807) is 13.0 Å². The van der Waals surface area contributed by atoms with Crippen molar-refractivity contribution in [3.8, 4) is 0 Å². The Kier molecular flexibility index (Phi) is 14.1. The summed E-state index contributed by atoms with van der Waals surface area (Å²) in [7, 11) is 0. The van der Waals surface area contributed by atoms with Gasteiger partial charge in [0.2, 0.25) is 6.10 Å². The number of hydrogen-bond donors (Lipinski definition) is 1. The Balaban J connectivity index is 2.61. The van der Waals surface area contributed by atoms with Crippen LogP contribution in [-0.4, -0.2) is 61.1 Å². The standard InChI is InChI=1S/C24H34Cl2O8/c1-4-31-21(27)20(24(30,22(28)32-5-2)23(29)33-6-3)34-15-11-9-7-8-10-12-17-13-14-18(25)19(26)16-17/h13-14,16,20,30H,4-12,15H2,1-3H3. The monoisotopic (exact) mass is 520 g/mol. The molecular formula is C24H34Cl2O8. The molecule has 0 fully saturated rings. The van der Waals surface area contributed by atoms with Gasteiger partial charge in [0.1, 0.15) is 0 Å². The summed E-state index contributed by atoms with van der Waals surface area (Å²) >= 11 is 12.0. The number of rotatable bonds is 16. The summed E-state index contributed by atoms with van der Waals surface area (Å²) in [5, 5.41) is 12.0. The Bertz CT molecular complexity index is 781. The quantitative estimate of drug-likeness (QED) is 0.149. The molecule has 34 heavy (non-hydrogen) atoms. The van der Waals surface area contributed by atoms with Gasteiger partial charge in [-0.05, 0) is 57.7 Å². The number of carbonyl (C=O) groups excluding carboxylic acids is 3. The predicted molar refractivity (Wildman–Crippen MR) is 128 cm³/mol. The summed E-state index contributed by atoms with van der Waals surface area (Å²) in [5.41, 5.74) is -1.84. The molecule has 0 heterocycles. The summed E-state index contributed by atoms with van der Waals surface area (Å²) in [5.74, 6) is -3.70. The van der Waals surface area contributed by atoms with Gasteiger partial charge in [0.25, 0.3) is 5.60 Å². The van der Waals surface area contributed by atoms with E-state index in [2.05, 4.69) is 0 Å². The van der Waals surface area contributed by atoms with Gasteiger partial charge in [-0.2, -0.15) is 0 Å². The first-order chi connectivity index (χ1) is 16.2. The topological polar surface area (TPSA) is 108 Å². The molecule has 0 amide bonds. The predicted octanol–water partition coefficient (Wildman–Crippen LogP) is 4.29. The molecule has 0 spiro atoms. The largest absolute Gasteiger partial charge is 0.464 e. The number of benzene rings is 1. The lowest BCUT2D eigenvalue weighted by atomic mass is 9.96. The van der Waals surface area contributed by atoms with E-state index >= 15 is 0 Å².